The van der Waals surface area contributed by atoms with Crippen LogP contribution in [-0.2, 0) is 0 Å². The summed E-state index contributed by atoms with van der Waals surface area (Å²) in [4.78, 5) is 26.7. The zero-order valence-corrected chi connectivity index (χ0v) is 17.4. The summed E-state index contributed by atoms with van der Waals surface area (Å²) in [7, 11) is 3.93. The minimum Gasteiger partial charge on any atom is -0.378 e. The van der Waals surface area contributed by atoms with Crippen molar-refractivity contribution < 1.29 is 9.59 Å². The Hall–Kier alpha value is -3.64. The van der Waals surface area contributed by atoms with Crippen LogP contribution in [0.2, 0.25) is 5.02 Å². The Balaban J connectivity index is 1.62. The van der Waals surface area contributed by atoms with Gasteiger partial charge in [0.2, 0.25) is 0 Å². The predicted molar refractivity (Wildman–Crippen MR) is 122 cm³/mol. The standard InChI is InChI=1S/C23H21ClN4O2/c1-28(2)21-11-9-16(10-12-21)15-25-27-23(30)18-6-4-8-20(14-18)26-22(29)17-5-3-7-19(24)13-17/h3-15H,1-2H3,(H,26,29)(H,27,30)/b25-15-. The largest absolute Gasteiger partial charge is 0.378 e. The normalized spacial score (nSPS) is 10.6. The molecule has 0 fully saturated rings. The van der Waals surface area contributed by atoms with Crippen molar-refractivity contribution in [2.75, 3.05) is 24.3 Å². The molecule has 0 aliphatic heterocycles. The van der Waals surface area contributed by atoms with E-state index in [2.05, 4.69) is 15.8 Å². The van der Waals surface area contributed by atoms with E-state index in [1.165, 1.54) is 0 Å². The lowest BCUT2D eigenvalue weighted by Gasteiger charge is -2.11. The monoisotopic (exact) mass is 420 g/mol. The van der Waals surface area contributed by atoms with Gasteiger partial charge in [-0.15, -0.1) is 0 Å². The molecule has 0 saturated carbocycles. The van der Waals surface area contributed by atoms with Gasteiger partial charge in [0.1, 0.15) is 0 Å². The second-order valence-electron chi connectivity index (χ2n) is 6.73. The number of halogens is 1. The first-order valence-electron chi connectivity index (χ1n) is 9.20. The molecule has 0 bridgehead atoms. The maximum Gasteiger partial charge on any atom is 0.271 e. The molecule has 0 radical (unpaired) electrons. The highest BCUT2D eigenvalue weighted by Gasteiger charge is 2.09. The van der Waals surface area contributed by atoms with Crippen LogP contribution in [0.5, 0.6) is 0 Å². The molecule has 2 amide bonds. The van der Waals surface area contributed by atoms with Gasteiger partial charge in [-0.25, -0.2) is 5.43 Å². The fourth-order valence-electron chi connectivity index (χ4n) is 2.66. The molecule has 3 rings (SSSR count). The van der Waals surface area contributed by atoms with Gasteiger partial charge in [-0.3, -0.25) is 9.59 Å². The van der Waals surface area contributed by atoms with E-state index in [4.69, 9.17) is 11.6 Å². The summed E-state index contributed by atoms with van der Waals surface area (Å²) in [6, 6.07) is 21.0. The third-order valence-electron chi connectivity index (χ3n) is 4.26. The summed E-state index contributed by atoms with van der Waals surface area (Å²) in [6.45, 7) is 0. The molecule has 7 heteroatoms. The number of carbonyl (C=O) groups is 2. The molecule has 0 aliphatic carbocycles. The van der Waals surface area contributed by atoms with Crippen LogP contribution in [0.1, 0.15) is 26.3 Å². The number of benzene rings is 3. The van der Waals surface area contributed by atoms with Gasteiger partial charge in [-0.05, 0) is 54.1 Å². The Labute approximate surface area is 180 Å². The summed E-state index contributed by atoms with van der Waals surface area (Å²) in [6.07, 6.45) is 1.57. The Kier molecular flexibility index (Phi) is 6.83. The number of hydrogen-bond acceptors (Lipinski definition) is 4. The van der Waals surface area contributed by atoms with Gasteiger partial charge in [-0.2, -0.15) is 5.10 Å². The van der Waals surface area contributed by atoms with Crippen molar-refractivity contribution in [3.05, 3.63) is 94.5 Å². The van der Waals surface area contributed by atoms with Crippen molar-refractivity contribution in [2.45, 2.75) is 0 Å². The zero-order chi connectivity index (χ0) is 21.5. The Morgan fingerprint density at radius 2 is 1.57 bits per heavy atom. The van der Waals surface area contributed by atoms with Gasteiger partial charge >= 0.3 is 0 Å². The van der Waals surface area contributed by atoms with E-state index in [0.717, 1.165) is 11.3 Å². The van der Waals surface area contributed by atoms with E-state index >= 15 is 0 Å². The van der Waals surface area contributed by atoms with Crippen LogP contribution < -0.4 is 15.6 Å². The zero-order valence-electron chi connectivity index (χ0n) is 16.6. The summed E-state index contributed by atoms with van der Waals surface area (Å²) < 4.78 is 0. The second kappa shape index (κ2) is 9.71. The van der Waals surface area contributed by atoms with E-state index in [-0.39, 0.29) is 11.8 Å². The second-order valence-corrected chi connectivity index (χ2v) is 7.17. The van der Waals surface area contributed by atoms with Crippen LogP contribution in [-0.4, -0.2) is 32.1 Å². The number of hydrogen-bond donors (Lipinski definition) is 2. The minimum absolute atomic E-state index is 0.311. The van der Waals surface area contributed by atoms with E-state index < -0.39 is 0 Å². The molecule has 0 unspecified atom stereocenters. The molecular weight excluding hydrogens is 400 g/mol. The van der Waals surface area contributed by atoms with Crippen LogP contribution >= 0.6 is 11.6 Å². The highest BCUT2D eigenvalue weighted by Crippen LogP contribution is 2.15. The van der Waals surface area contributed by atoms with Crippen molar-refractivity contribution in [3.8, 4) is 0 Å². The molecule has 0 aromatic heterocycles. The van der Waals surface area contributed by atoms with Gasteiger partial charge in [0, 0.05) is 41.6 Å². The molecule has 0 spiro atoms. The Morgan fingerprint density at radius 3 is 2.23 bits per heavy atom. The first-order valence-corrected chi connectivity index (χ1v) is 9.58. The van der Waals surface area contributed by atoms with Crippen LogP contribution in [0.3, 0.4) is 0 Å². The van der Waals surface area contributed by atoms with Gasteiger partial charge in [0.05, 0.1) is 6.21 Å². The van der Waals surface area contributed by atoms with Crippen molar-refractivity contribution in [3.63, 3.8) is 0 Å². The maximum absolute atomic E-state index is 12.4. The molecule has 152 valence electrons. The number of amides is 2. The minimum atomic E-state index is -0.380. The van der Waals surface area contributed by atoms with Crippen molar-refractivity contribution in [1.29, 1.82) is 0 Å². The topological polar surface area (TPSA) is 73.8 Å². The molecule has 2 N–H and O–H groups in total. The number of rotatable bonds is 6. The number of nitrogens with zero attached hydrogens (tertiary/aromatic N) is 2. The summed E-state index contributed by atoms with van der Waals surface area (Å²) in [5.41, 5.74) is 5.74. The molecule has 6 nitrogen and oxygen atoms in total. The Bertz CT molecular complexity index is 1080. The third kappa shape index (κ3) is 5.68. The highest BCUT2D eigenvalue weighted by atomic mass is 35.5. The van der Waals surface area contributed by atoms with E-state index in [9.17, 15) is 9.59 Å². The van der Waals surface area contributed by atoms with Gasteiger partial charge in [0.15, 0.2) is 0 Å². The first kappa shape index (κ1) is 21.1. The smallest absolute Gasteiger partial charge is 0.271 e. The van der Waals surface area contributed by atoms with E-state index in [1.54, 1.807) is 54.7 Å². The average molecular weight is 421 g/mol. The average Bonchev–Trinajstić information content (AvgIpc) is 2.74. The summed E-state index contributed by atoms with van der Waals surface area (Å²) >= 11 is 5.92. The molecule has 0 saturated heterocycles. The molecule has 3 aromatic rings. The van der Waals surface area contributed by atoms with Crippen molar-refractivity contribution >= 4 is 41.0 Å². The number of carbonyl (C=O) groups excluding carboxylic acids is 2. The van der Waals surface area contributed by atoms with Gasteiger partial charge in [-0.1, -0.05) is 35.9 Å². The molecule has 0 heterocycles. The molecular formula is C23H21ClN4O2. The molecule has 3 aromatic carbocycles. The Morgan fingerprint density at radius 1 is 0.900 bits per heavy atom. The van der Waals surface area contributed by atoms with Crippen LogP contribution in [0.15, 0.2) is 77.9 Å². The fraction of sp³-hybridized carbons (Fsp3) is 0.0870. The van der Waals surface area contributed by atoms with Gasteiger partial charge < -0.3 is 10.2 Å². The third-order valence-corrected chi connectivity index (χ3v) is 4.49. The quantitative estimate of drug-likeness (QED) is 0.458. The molecule has 0 aliphatic rings. The first-order chi connectivity index (χ1) is 14.4. The fourth-order valence-corrected chi connectivity index (χ4v) is 2.85. The molecule has 30 heavy (non-hydrogen) atoms. The lowest BCUT2D eigenvalue weighted by atomic mass is 10.1. The predicted octanol–water partition coefficient (Wildman–Crippen LogP) is 4.42. The molecule has 0 atom stereocenters. The summed E-state index contributed by atoms with van der Waals surface area (Å²) in [5, 5.41) is 7.23. The number of nitrogens with one attached hydrogen (secondary N) is 2. The number of anilines is 2. The summed E-state index contributed by atoms with van der Waals surface area (Å²) in [5.74, 6) is -0.690. The van der Waals surface area contributed by atoms with Crippen LogP contribution in [0.25, 0.3) is 0 Å². The van der Waals surface area contributed by atoms with Crippen molar-refractivity contribution in [1.82, 2.24) is 5.43 Å². The maximum atomic E-state index is 12.4. The van der Waals surface area contributed by atoms with E-state index in [1.807, 2.05) is 43.3 Å². The van der Waals surface area contributed by atoms with E-state index in [0.29, 0.717) is 21.8 Å². The highest BCUT2D eigenvalue weighted by molar-refractivity contribution is 6.31. The lowest BCUT2D eigenvalue weighted by Crippen LogP contribution is -2.18. The SMILES string of the molecule is CN(C)c1ccc(/C=N\NC(=O)c2cccc(NC(=O)c3cccc(Cl)c3)c2)cc1. The number of hydrazone groups is 1. The van der Waals surface area contributed by atoms with Crippen molar-refractivity contribution in [2.24, 2.45) is 5.10 Å². The van der Waals surface area contributed by atoms with Crippen LogP contribution in [0, 0.1) is 0 Å². The lowest BCUT2D eigenvalue weighted by molar-refractivity contribution is 0.0953. The van der Waals surface area contributed by atoms with Crippen LogP contribution in [0.4, 0.5) is 11.4 Å². The van der Waals surface area contributed by atoms with Gasteiger partial charge in [0.25, 0.3) is 11.8 Å².